The quantitative estimate of drug-likeness (QED) is 0.481. The molecular formula is C32H31N3O5. The van der Waals surface area contributed by atoms with E-state index in [9.17, 15) is 14.4 Å². The van der Waals surface area contributed by atoms with E-state index in [-0.39, 0.29) is 23.6 Å². The van der Waals surface area contributed by atoms with Crippen LogP contribution in [0, 0.1) is 19.8 Å². The van der Waals surface area contributed by atoms with Crippen molar-refractivity contribution in [1.29, 1.82) is 0 Å². The lowest BCUT2D eigenvalue weighted by atomic mass is 9.57. The van der Waals surface area contributed by atoms with Crippen LogP contribution in [0.4, 0.5) is 11.4 Å². The van der Waals surface area contributed by atoms with Gasteiger partial charge in [0.25, 0.3) is 5.91 Å². The van der Waals surface area contributed by atoms with Crippen LogP contribution in [0.15, 0.2) is 54.6 Å². The number of para-hydroxylation sites is 1. The summed E-state index contributed by atoms with van der Waals surface area (Å²) in [7, 11) is 3.07. The Kier molecular flexibility index (Phi) is 5.23. The molecule has 0 radical (unpaired) electrons. The number of nitrogens with one attached hydrogen (secondary N) is 2. The number of hydrogen-bond donors (Lipinski definition) is 2. The number of amides is 2. The van der Waals surface area contributed by atoms with Gasteiger partial charge in [0.05, 0.1) is 25.7 Å². The van der Waals surface area contributed by atoms with Crippen LogP contribution < -0.4 is 20.1 Å². The lowest BCUT2D eigenvalue weighted by Gasteiger charge is -2.43. The summed E-state index contributed by atoms with van der Waals surface area (Å²) in [6.07, 6.45) is 1.52. The largest absolute Gasteiger partial charge is 0.497 e. The number of rotatable bonds is 4. The highest BCUT2D eigenvalue weighted by Crippen LogP contribution is 2.68. The molecule has 0 bridgehead atoms. The van der Waals surface area contributed by atoms with Gasteiger partial charge >= 0.3 is 0 Å². The second-order valence-electron chi connectivity index (χ2n) is 11.3. The van der Waals surface area contributed by atoms with E-state index in [0.29, 0.717) is 41.3 Å². The fraction of sp³-hybridized carbons (Fsp3) is 0.344. The molecule has 0 aliphatic carbocycles. The van der Waals surface area contributed by atoms with Crippen molar-refractivity contribution in [1.82, 2.24) is 4.90 Å². The zero-order valence-corrected chi connectivity index (χ0v) is 23.0. The molecule has 2 fully saturated rings. The number of carbonyl (C=O) groups excluding carboxylic acids is 3. The van der Waals surface area contributed by atoms with Crippen molar-refractivity contribution in [2.75, 3.05) is 31.4 Å². The number of anilines is 2. The Bertz CT molecular complexity index is 1630. The van der Waals surface area contributed by atoms with E-state index in [0.717, 1.165) is 28.8 Å². The zero-order valence-electron chi connectivity index (χ0n) is 23.0. The summed E-state index contributed by atoms with van der Waals surface area (Å²) >= 11 is 0. The average molecular weight is 538 g/mol. The Morgan fingerprint density at radius 2 is 1.75 bits per heavy atom. The summed E-state index contributed by atoms with van der Waals surface area (Å²) < 4.78 is 11.0. The second-order valence-corrected chi connectivity index (χ2v) is 11.3. The monoisotopic (exact) mass is 537 g/mol. The number of nitrogens with zero attached hydrogens (tertiary/aromatic N) is 1. The maximum atomic E-state index is 14.9. The molecule has 7 rings (SSSR count). The van der Waals surface area contributed by atoms with Crippen molar-refractivity contribution < 1.29 is 23.9 Å². The summed E-state index contributed by atoms with van der Waals surface area (Å²) in [4.78, 5) is 46.3. The van der Waals surface area contributed by atoms with Gasteiger partial charge in [0, 0.05) is 29.0 Å². The Labute approximate surface area is 232 Å². The van der Waals surface area contributed by atoms with Crippen LogP contribution in [0.25, 0.3) is 0 Å². The minimum absolute atomic E-state index is 0.217. The fourth-order valence-corrected chi connectivity index (χ4v) is 8.21. The molecule has 40 heavy (non-hydrogen) atoms. The molecule has 4 aliphatic rings. The van der Waals surface area contributed by atoms with Gasteiger partial charge in [0.15, 0.2) is 5.78 Å². The van der Waals surface area contributed by atoms with Gasteiger partial charge in [0.2, 0.25) is 5.91 Å². The zero-order chi connectivity index (χ0) is 28.0. The molecule has 0 saturated carbocycles. The highest BCUT2D eigenvalue weighted by molar-refractivity contribution is 6.21. The maximum Gasteiger partial charge on any atom is 0.251 e. The second kappa shape index (κ2) is 8.41. The van der Waals surface area contributed by atoms with Crippen LogP contribution >= 0.6 is 0 Å². The summed E-state index contributed by atoms with van der Waals surface area (Å²) in [6.45, 7) is 4.58. The van der Waals surface area contributed by atoms with E-state index in [2.05, 4.69) is 15.5 Å². The molecule has 2 amide bonds. The first-order valence-corrected chi connectivity index (χ1v) is 13.7. The van der Waals surface area contributed by atoms with Gasteiger partial charge in [-0.1, -0.05) is 35.9 Å². The van der Waals surface area contributed by atoms with Gasteiger partial charge < -0.3 is 20.1 Å². The van der Waals surface area contributed by atoms with Crippen LogP contribution in [0.1, 0.15) is 45.5 Å². The highest BCUT2D eigenvalue weighted by atomic mass is 16.5. The molecule has 8 nitrogen and oxygen atoms in total. The van der Waals surface area contributed by atoms with E-state index in [4.69, 9.17) is 9.47 Å². The first kappa shape index (κ1) is 24.8. The molecule has 0 aromatic heterocycles. The smallest absolute Gasteiger partial charge is 0.251 e. The highest BCUT2D eigenvalue weighted by Gasteiger charge is 2.81. The van der Waals surface area contributed by atoms with E-state index in [1.54, 1.807) is 25.3 Å². The molecule has 2 N–H and O–H groups in total. The molecule has 8 heteroatoms. The molecule has 4 atom stereocenters. The molecule has 0 unspecified atom stereocenters. The van der Waals surface area contributed by atoms with E-state index >= 15 is 0 Å². The lowest BCUT2D eigenvalue weighted by molar-refractivity contribution is -0.137. The minimum atomic E-state index is -1.49. The number of ether oxygens (including phenoxy) is 2. The number of benzene rings is 3. The number of carbonyl (C=O) groups is 3. The normalized spacial score (nSPS) is 27.9. The van der Waals surface area contributed by atoms with Crippen molar-refractivity contribution in [2.24, 2.45) is 5.92 Å². The molecule has 204 valence electrons. The third kappa shape index (κ3) is 2.77. The topological polar surface area (TPSA) is 97.0 Å². The van der Waals surface area contributed by atoms with Gasteiger partial charge in [-0.15, -0.1) is 0 Å². The maximum absolute atomic E-state index is 14.9. The third-order valence-corrected chi connectivity index (χ3v) is 9.50. The third-order valence-electron chi connectivity index (χ3n) is 9.50. The Hall–Kier alpha value is -4.17. The standard InChI is InChI=1S/C32H31N3O5/c1-17-14-18(2)27-22(15-17)32(30(38)34-27)31(21-8-5-6-9-23(21)33-29(31)37)26(24-10-7-13-35(24)32)28(36)20-12-11-19(39-3)16-25(20)40-4/h5-6,8-9,11-12,14-16,24,26H,7,10,13H2,1-4H3,(H,33,37)(H,34,38)/t24-,26-,31+,32+/m0/s1. The Morgan fingerprint density at radius 1 is 0.950 bits per heavy atom. The summed E-state index contributed by atoms with van der Waals surface area (Å²) in [5.74, 6) is -0.695. The van der Waals surface area contributed by atoms with Gasteiger partial charge in [0.1, 0.15) is 22.5 Å². The first-order valence-electron chi connectivity index (χ1n) is 13.7. The number of Topliss-reactive ketones (excluding diaryl/α,β-unsaturated/α-hetero) is 1. The molecule has 3 aromatic rings. The van der Waals surface area contributed by atoms with Gasteiger partial charge in [-0.3, -0.25) is 19.3 Å². The Morgan fingerprint density at radius 3 is 2.52 bits per heavy atom. The van der Waals surface area contributed by atoms with Gasteiger partial charge in [-0.05, 0) is 62.6 Å². The lowest BCUT2D eigenvalue weighted by Crippen LogP contribution is -2.62. The van der Waals surface area contributed by atoms with Crippen molar-refractivity contribution in [3.05, 3.63) is 82.4 Å². The molecular weight excluding hydrogens is 506 g/mol. The molecule has 2 spiro atoms. The predicted octanol–water partition coefficient (Wildman–Crippen LogP) is 4.34. The average Bonchev–Trinajstić information content (AvgIpc) is 3.67. The minimum Gasteiger partial charge on any atom is -0.497 e. The summed E-state index contributed by atoms with van der Waals surface area (Å²) in [5, 5.41) is 6.25. The van der Waals surface area contributed by atoms with Gasteiger partial charge in [-0.2, -0.15) is 0 Å². The molecule has 3 aromatic carbocycles. The van der Waals surface area contributed by atoms with E-state index < -0.39 is 16.9 Å². The molecule has 4 aliphatic heterocycles. The van der Waals surface area contributed by atoms with E-state index in [1.165, 1.54) is 7.11 Å². The van der Waals surface area contributed by atoms with Crippen LogP contribution in [0.2, 0.25) is 0 Å². The number of fused-ring (bicyclic) bond motifs is 7. The van der Waals surface area contributed by atoms with Crippen LogP contribution in [0.5, 0.6) is 11.5 Å². The number of aryl methyl sites for hydroxylation is 2. The number of methoxy groups -OCH3 is 2. The van der Waals surface area contributed by atoms with Crippen LogP contribution in [-0.4, -0.2) is 49.3 Å². The molecule has 2 saturated heterocycles. The van der Waals surface area contributed by atoms with Crippen LogP contribution in [0.3, 0.4) is 0 Å². The van der Waals surface area contributed by atoms with Crippen molar-refractivity contribution in [3.8, 4) is 11.5 Å². The summed E-state index contributed by atoms with van der Waals surface area (Å²) in [6, 6.07) is 16.3. The first-order chi connectivity index (χ1) is 19.3. The van der Waals surface area contributed by atoms with Crippen molar-refractivity contribution >= 4 is 29.0 Å². The van der Waals surface area contributed by atoms with Crippen molar-refractivity contribution in [3.63, 3.8) is 0 Å². The SMILES string of the molecule is COc1ccc(C(=O)[C@@H]2[C@@H]3CCCN3[C@]3(C(=O)Nc4c(C)cc(C)cc43)[C@@]23C(=O)Nc2ccccc23)c(OC)c1. The van der Waals surface area contributed by atoms with Gasteiger partial charge in [-0.25, -0.2) is 0 Å². The predicted molar refractivity (Wildman–Crippen MR) is 150 cm³/mol. The number of ketones is 1. The van der Waals surface area contributed by atoms with Crippen LogP contribution in [-0.2, 0) is 20.5 Å². The Balaban J connectivity index is 1.58. The summed E-state index contributed by atoms with van der Waals surface area (Å²) in [5.41, 5.74) is 2.23. The fourth-order valence-electron chi connectivity index (χ4n) is 8.21. The van der Waals surface area contributed by atoms with E-state index in [1.807, 2.05) is 50.2 Å². The molecule has 4 heterocycles. The number of hydrogen-bond acceptors (Lipinski definition) is 6. The van der Waals surface area contributed by atoms with Crippen molar-refractivity contribution in [2.45, 2.75) is 43.7 Å².